The van der Waals surface area contributed by atoms with E-state index in [0.29, 0.717) is 6.04 Å². The molecule has 5 nitrogen and oxygen atoms in total. The lowest BCUT2D eigenvalue weighted by Gasteiger charge is -2.44. The van der Waals surface area contributed by atoms with Crippen molar-refractivity contribution in [3.05, 3.63) is 12.2 Å². The summed E-state index contributed by atoms with van der Waals surface area (Å²) in [7, 11) is 0. The van der Waals surface area contributed by atoms with E-state index in [1.165, 1.54) is 12.8 Å². The molecule has 0 aliphatic carbocycles. The molecule has 1 atom stereocenters. The van der Waals surface area contributed by atoms with E-state index in [4.69, 9.17) is 0 Å². The van der Waals surface area contributed by atoms with Crippen LogP contribution in [0.2, 0.25) is 0 Å². The van der Waals surface area contributed by atoms with E-state index in [0.717, 1.165) is 38.4 Å². The van der Waals surface area contributed by atoms with E-state index in [9.17, 15) is 0 Å². The van der Waals surface area contributed by atoms with Gasteiger partial charge in [-0.05, 0) is 26.7 Å². The lowest BCUT2D eigenvalue weighted by molar-refractivity contribution is 0.0788. The van der Waals surface area contributed by atoms with Crippen LogP contribution in [0.3, 0.4) is 0 Å². The van der Waals surface area contributed by atoms with Gasteiger partial charge in [0.05, 0.1) is 6.54 Å². The number of hydrogen-bond donors (Lipinski definition) is 1. The normalized spacial score (nSPS) is 23.1. The average Bonchev–Trinajstić information content (AvgIpc) is 2.80. The van der Waals surface area contributed by atoms with Crippen molar-refractivity contribution >= 4 is 0 Å². The van der Waals surface area contributed by atoms with Crippen LogP contribution in [0.4, 0.5) is 0 Å². The molecule has 114 valence electrons. The summed E-state index contributed by atoms with van der Waals surface area (Å²) in [4.78, 5) is 7.04. The second-order valence-corrected chi connectivity index (χ2v) is 6.51. The van der Waals surface area contributed by atoms with Gasteiger partial charge in [-0.2, -0.15) is 5.10 Å². The molecular weight excluding hydrogens is 250 g/mol. The van der Waals surface area contributed by atoms with Gasteiger partial charge in [-0.1, -0.05) is 20.3 Å². The SMILES string of the molecule is CCCC1CNC(C)(C)CN1Cc1ncnn1CCC. The van der Waals surface area contributed by atoms with Gasteiger partial charge < -0.3 is 5.32 Å². The van der Waals surface area contributed by atoms with E-state index < -0.39 is 0 Å². The van der Waals surface area contributed by atoms with E-state index in [-0.39, 0.29) is 5.54 Å². The van der Waals surface area contributed by atoms with Crippen molar-refractivity contribution < 1.29 is 0 Å². The smallest absolute Gasteiger partial charge is 0.141 e. The summed E-state index contributed by atoms with van der Waals surface area (Å²) in [6.07, 6.45) is 5.25. The fraction of sp³-hybridized carbons (Fsp3) is 0.867. The Hall–Kier alpha value is -0.940. The Balaban J connectivity index is 2.08. The first-order valence-electron chi connectivity index (χ1n) is 7.91. The highest BCUT2D eigenvalue weighted by molar-refractivity contribution is 4.95. The summed E-state index contributed by atoms with van der Waals surface area (Å²) < 4.78 is 2.05. The molecule has 1 fully saturated rings. The Morgan fingerprint density at radius 1 is 1.35 bits per heavy atom. The van der Waals surface area contributed by atoms with Crippen molar-refractivity contribution in [3.8, 4) is 0 Å². The molecule has 0 spiro atoms. The third-order valence-electron chi connectivity index (χ3n) is 4.03. The van der Waals surface area contributed by atoms with Crippen molar-refractivity contribution in [2.75, 3.05) is 13.1 Å². The molecule has 2 heterocycles. The lowest BCUT2D eigenvalue weighted by atomic mass is 9.96. The molecule has 20 heavy (non-hydrogen) atoms. The summed E-state index contributed by atoms with van der Waals surface area (Å²) in [6.45, 7) is 13.0. The summed E-state index contributed by atoms with van der Waals surface area (Å²) in [5.41, 5.74) is 0.180. The Morgan fingerprint density at radius 3 is 2.85 bits per heavy atom. The van der Waals surface area contributed by atoms with Gasteiger partial charge in [0.15, 0.2) is 0 Å². The summed E-state index contributed by atoms with van der Waals surface area (Å²) >= 11 is 0. The van der Waals surface area contributed by atoms with Crippen LogP contribution in [0.1, 0.15) is 52.8 Å². The van der Waals surface area contributed by atoms with Crippen molar-refractivity contribution in [1.82, 2.24) is 25.0 Å². The first-order chi connectivity index (χ1) is 9.55. The minimum absolute atomic E-state index is 0.180. The Kier molecular flexibility index (Phi) is 5.16. The molecule has 0 aromatic carbocycles. The maximum absolute atomic E-state index is 4.46. The molecule has 1 aliphatic rings. The second-order valence-electron chi connectivity index (χ2n) is 6.51. The summed E-state index contributed by atoms with van der Waals surface area (Å²) in [6, 6.07) is 0.611. The van der Waals surface area contributed by atoms with E-state index in [1.807, 2.05) is 0 Å². The minimum Gasteiger partial charge on any atom is -0.309 e. The first kappa shape index (κ1) is 15.4. The minimum atomic E-state index is 0.180. The highest BCUT2D eigenvalue weighted by Crippen LogP contribution is 2.20. The van der Waals surface area contributed by atoms with Crippen LogP contribution in [0.25, 0.3) is 0 Å². The van der Waals surface area contributed by atoms with Crippen molar-refractivity contribution in [1.29, 1.82) is 0 Å². The zero-order valence-electron chi connectivity index (χ0n) is 13.4. The standard InChI is InChI=1S/C15H29N5/c1-5-7-13-9-17-15(3,4)11-19(13)10-14-16-12-18-20(14)8-6-2/h12-13,17H,5-11H2,1-4H3. The maximum atomic E-state index is 4.46. The van der Waals surface area contributed by atoms with Gasteiger partial charge >= 0.3 is 0 Å². The number of hydrogen-bond acceptors (Lipinski definition) is 4. The average molecular weight is 279 g/mol. The van der Waals surface area contributed by atoms with Gasteiger partial charge in [-0.3, -0.25) is 4.90 Å². The molecule has 0 amide bonds. The molecule has 1 aromatic rings. The van der Waals surface area contributed by atoms with Crippen LogP contribution >= 0.6 is 0 Å². The predicted octanol–water partition coefficient (Wildman–Crippen LogP) is 2.04. The monoisotopic (exact) mass is 279 g/mol. The number of rotatable bonds is 6. The Labute approximate surface area is 122 Å². The van der Waals surface area contributed by atoms with Crippen molar-refractivity contribution in [3.63, 3.8) is 0 Å². The molecule has 0 saturated carbocycles. The van der Waals surface area contributed by atoms with Gasteiger partial charge in [0.1, 0.15) is 12.2 Å². The first-order valence-corrected chi connectivity index (χ1v) is 7.91. The molecule has 0 radical (unpaired) electrons. The van der Waals surface area contributed by atoms with Crippen LogP contribution < -0.4 is 5.32 Å². The fourth-order valence-electron chi connectivity index (χ4n) is 3.01. The fourth-order valence-corrected chi connectivity index (χ4v) is 3.01. The van der Waals surface area contributed by atoms with Crippen LogP contribution in [0.15, 0.2) is 6.33 Å². The molecule has 1 saturated heterocycles. The zero-order chi connectivity index (χ0) is 14.6. The number of piperazine rings is 1. The molecule has 1 N–H and O–H groups in total. The number of nitrogens with one attached hydrogen (secondary N) is 1. The van der Waals surface area contributed by atoms with Gasteiger partial charge in [-0.15, -0.1) is 0 Å². The highest BCUT2D eigenvalue weighted by Gasteiger charge is 2.32. The van der Waals surface area contributed by atoms with Gasteiger partial charge in [0.2, 0.25) is 0 Å². The van der Waals surface area contributed by atoms with E-state index in [2.05, 4.69) is 52.7 Å². The molecule has 2 rings (SSSR count). The third-order valence-corrected chi connectivity index (χ3v) is 4.03. The highest BCUT2D eigenvalue weighted by atomic mass is 15.4. The zero-order valence-corrected chi connectivity index (χ0v) is 13.4. The van der Waals surface area contributed by atoms with Crippen LogP contribution in [-0.4, -0.2) is 44.3 Å². The largest absolute Gasteiger partial charge is 0.309 e. The molecule has 1 aliphatic heterocycles. The van der Waals surface area contributed by atoms with Crippen molar-refractivity contribution in [2.45, 2.75) is 71.6 Å². The number of aromatic nitrogens is 3. The molecule has 1 unspecified atom stereocenters. The number of nitrogens with zero attached hydrogens (tertiary/aromatic N) is 4. The summed E-state index contributed by atoms with van der Waals surface area (Å²) in [5.74, 6) is 1.10. The predicted molar refractivity (Wildman–Crippen MR) is 81.5 cm³/mol. The van der Waals surface area contributed by atoms with Crippen LogP contribution in [0.5, 0.6) is 0 Å². The van der Waals surface area contributed by atoms with Gasteiger partial charge in [-0.25, -0.2) is 9.67 Å². The van der Waals surface area contributed by atoms with Crippen molar-refractivity contribution in [2.24, 2.45) is 0 Å². The van der Waals surface area contributed by atoms with Gasteiger partial charge in [0.25, 0.3) is 0 Å². The maximum Gasteiger partial charge on any atom is 0.141 e. The van der Waals surface area contributed by atoms with Crippen LogP contribution in [0, 0.1) is 0 Å². The summed E-state index contributed by atoms with van der Waals surface area (Å²) in [5, 5.41) is 8.00. The lowest BCUT2D eigenvalue weighted by Crippen LogP contribution is -2.61. The van der Waals surface area contributed by atoms with Crippen LogP contribution in [-0.2, 0) is 13.1 Å². The molecule has 5 heteroatoms. The topological polar surface area (TPSA) is 46.0 Å². The van der Waals surface area contributed by atoms with E-state index in [1.54, 1.807) is 6.33 Å². The van der Waals surface area contributed by atoms with E-state index >= 15 is 0 Å². The third kappa shape index (κ3) is 3.79. The Morgan fingerprint density at radius 2 is 2.15 bits per heavy atom. The molecule has 0 bridgehead atoms. The van der Waals surface area contributed by atoms with Gasteiger partial charge in [0, 0.05) is 31.2 Å². The second kappa shape index (κ2) is 6.68. The quantitative estimate of drug-likeness (QED) is 0.865. The molecular formula is C15H29N5. The number of aryl methyl sites for hydroxylation is 1. The molecule has 1 aromatic heterocycles. The Bertz CT molecular complexity index is 412.